The first kappa shape index (κ1) is 24.1. The van der Waals surface area contributed by atoms with E-state index in [0.29, 0.717) is 33.4 Å². The van der Waals surface area contributed by atoms with Gasteiger partial charge in [0.2, 0.25) is 0 Å². The van der Waals surface area contributed by atoms with E-state index in [4.69, 9.17) is 14.2 Å². The number of benzene rings is 3. The van der Waals surface area contributed by atoms with Crippen molar-refractivity contribution in [3.63, 3.8) is 0 Å². The van der Waals surface area contributed by atoms with E-state index < -0.39 is 11.9 Å². The van der Waals surface area contributed by atoms with Gasteiger partial charge in [0.05, 0.1) is 31.4 Å². The normalized spacial score (nSPS) is 10.9. The lowest BCUT2D eigenvalue weighted by atomic mass is 10.1. The number of hydrazone groups is 1. The van der Waals surface area contributed by atoms with Crippen molar-refractivity contribution in [2.45, 2.75) is 0 Å². The van der Waals surface area contributed by atoms with Crippen LogP contribution in [0, 0.1) is 0 Å². The van der Waals surface area contributed by atoms with Crippen molar-refractivity contribution in [1.82, 2.24) is 15.2 Å². The highest BCUT2D eigenvalue weighted by molar-refractivity contribution is 6.05. The van der Waals surface area contributed by atoms with Gasteiger partial charge < -0.3 is 14.2 Å². The molecule has 0 saturated heterocycles. The molecule has 36 heavy (non-hydrogen) atoms. The Morgan fingerprint density at radius 3 is 2.36 bits per heavy atom. The molecule has 0 unspecified atom stereocenters. The molecule has 1 amide bonds. The van der Waals surface area contributed by atoms with E-state index in [-0.39, 0.29) is 17.0 Å². The van der Waals surface area contributed by atoms with Gasteiger partial charge in [0.1, 0.15) is 5.75 Å². The Labute approximate surface area is 205 Å². The Morgan fingerprint density at radius 2 is 1.67 bits per heavy atom. The van der Waals surface area contributed by atoms with Crippen LogP contribution < -0.4 is 25.2 Å². The zero-order valence-electron chi connectivity index (χ0n) is 19.7. The molecule has 0 aliphatic rings. The molecule has 10 heteroatoms. The van der Waals surface area contributed by atoms with Crippen LogP contribution in [0.3, 0.4) is 0 Å². The third-order valence-corrected chi connectivity index (χ3v) is 5.27. The molecule has 1 aromatic heterocycles. The summed E-state index contributed by atoms with van der Waals surface area (Å²) in [5.74, 6) is 0.0232. The number of fused-ring (bicyclic) bond motifs is 1. The first-order valence-electron chi connectivity index (χ1n) is 10.7. The molecule has 0 radical (unpaired) electrons. The van der Waals surface area contributed by atoms with E-state index in [1.807, 2.05) is 0 Å². The molecule has 0 atom stereocenters. The van der Waals surface area contributed by atoms with Crippen molar-refractivity contribution >= 4 is 28.9 Å². The topological polar surface area (TPSA) is 121 Å². The van der Waals surface area contributed by atoms with Crippen LogP contribution in [0.2, 0.25) is 0 Å². The van der Waals surface area contributed by atoms with Gasteiger partial charge >= 0.3 is 5.97 Å². The van der Waals surface area contributed by atoms with Crippen LogP contribution in [0.25, 0.3) is 10.8 Å². The second-order valence-electron chi connectivity index (χ2n) is 7.55. The number of nitrogens with one attached hydrogen (secondary N) is 1. The number of ether oxygens (including phenoxy) is 3. The Balaban J connectivity index is 1.48. The minimum atomic E-state index is -0.574. The number of carbonyl (C=O) groups is 2. The van der Waals surface area contributed by atoms with E-state index in [2.05, 4.69) is 15.6 Å². The number of nitrogens with zero attached hydrogens (tertiary/aromatic N) is 3. The first-order chi connectivity index (χ1) is 17.4. The fourth-order valence-corrected chi connectivity index (χ4v) is 3.42. The summed E-state index contributed by atoms with van der Waals surface area (Å²) in [5, 5.41) is 8.86. The van der Waals surface area contributed by atoms with Gasteiger partial charge in [-0.2, -0.15) is 10.2 Å². The van der Waals surface area contributed by atoms with Crippen molar-refractivity contribution < 1.29 is 23.8 Å². The lowest BCUT2D eigenvalue weighted by molar-refractivity contribution is 0.0729. The highest BCUT2D eigenvalue weighted by Crippen LogP contribution is 2.28. The summed E-state index contributed by atoms with van der Waals surface area (Å²) in [5.41, 5.74) is 3.12. The molecule has 0 spiro atoms. The average molecular weight is 486 g/mol. The summed E-state index contributed by atoms with van der Waals surface area (Å²) < 4.78 is 17.0. The zero-order chi connectivity index (χ0) is 25.7. The van der Waals surface area contributed by atoms with Gasteiger partial charge in [0.25, 0.3) is 11.5 Å². The third-order valence-electron chi connectivity index (χ3n) is 5.27. The molecule has 1 heterocycles. The number of esters is 1. The molecule has 4 aromatic rings. The largest absolute Gasteiger partial charge is 0.497 e. The lowest BCUT2D eigenvalue weighted by Gasteiger charge is -2.10. The van der Waals surface area contributed by atoms with Gasteiger partial charge in [-0.15, -0.1) is 0 Å². The maximum Gasteiger partial charge on any atom is 0.343 e. The van der Waals surface area contributed by atoms with Gasteiger partial charge in [-0.05, 0) is 54.1 Å². The van der Waals surface area contributed by atoms with Gasteiger partial charge in [0, 0.05) is 12.4 Å². The summed E-state index contributed by atoms with van der Waals surface area (Å²) in [6.45, 7) is 0. The molecule has 0 bridgehead atoms. The van der Waals surface area contributed by atoms with Gasteiger partial charge in [0.15, 0.2) is 17.2 Å². The Kier molecular flexibility index (Phi) is 7.05. The molecule has 1 N–H and O–H groups in total. The quantitative estimate of drug-likeness (QED) is 0.185. The molecule has 0 aliphatic heterocycles. The molecule has 0 fully saturated rings. The maximum absolute atomic E-state index is 12.7. The second-order valence-corrected chi connectivity index (χ2v) is 7.55. The minimum Gasteiger partial charge on any atom is -0.497 e. The number of carbonyl (C=O) groups excluding carboxylic acids is 2. The van der Waals surface area contributed by atoms with Crippen LogP contribution in [-0.4, -0.2) is 42.1 Å². The number of aromatic nitrogens is 2. The SMILES string of the molecule is COc1ccc(C(=O)Oc2ccc(/C=N/NC(=O)c3nn(C)c(=O)c4ccccc34)cc2OC)cc1. The van der Waals surface area contributed by atoms with E-state index in [9.17, 15) is 14.4 Å². The van der Waals surface area contributed by atoms with E-state index in [0.717, 1.165) is 4.68 Å². The predicted molar refractivity (Wildman–Crippen MR) is 133 cm³/mol. The van der Waals surface area contributed by atoms with Crippen LogP contribution in [0.1, 0.15) is 26.4 Å². The van der Waals surface area contributed by atoms with E-state index in [1.54, 1.807) is 73.8 Å². The number of hydrogen-bond acceptors (Lipinski definition) is 8. The highest BCUT2D eigenvalue weighted by Gasteiger charge is 2.16. The minimum absolute atomic E-state index is 0.0724. The van der Waals surface area contributed by atoms with E-state index in [1.165, 1.54) is 20.4 Å². The Bertz CT molecular complexity index is 1530. The van der Waals surface area contributed by atoms with Gasteiger partial charge in [-0.1, -0.05) is 18.2 Å². The van der Waals surface area contributed by atoms with Crippen molar-refractivity contribution in [3.05, 3.63) is 93.9 Å². The number of hydrogen-bond donors (Lipinski definition) is 1. The van der Waals surface area contributed by atoms with Crippen molar-refractivity contribution in [2.24, 2.45) is 12.1 Å². The lowest BCUT2D eigenvalue weighted by Crippen LogP contribution is -2.27. The average Bonchev–Trinajstić information content (AvgIpc) is 2.91. The summed E-state index contributed by atoms with van der Waals surface area (Å²) >= 11 is 0. The summed E-state index contributed by atoms with van der Waals surface area (Å²) in [6, 6.07) is 18.1. The molecule has 0 aliphatic carbocycles. The Morgan fingerprint density at radius 1 is 0.944 bits per heavy atom. The standard InChI is InChI=1S/C26H22N4O6/c1-30-25(32)20-7-5-4-6-19(20)23(29-30)24(31)28-27-15-16-8-13-21(22(14-16)35-3)36-26(33)17-9-11-18(34-2)12-10-17/h4-15H,1-3H3,(H,28,31)/b27-15+. The van der Waals surface area contributed by atoms with Crippen molar-refractivity contribution in [1.29, 1.82) is 0 Å². The molecule has 10 nitrogen and oxygen atoms in total. The predicted octanol–water partition coefficient (Wildman–Crippen LogP) is 2.93. The van der Waals surface area contributed by atoms with Crippen LogP contribution >= 0.6 is 0 Å². The Hall–Kier alpha value is -4.99. The molecule has 4 rings (SSSR count). The fraction of sp³-hybridized carbons (Fsp3) is 0.115. The van der Waals surface area contributed by atoms with Crippen LogP contribution in [-0.2, 0) is 7.05 Å². The molecule has 182 valence electrons. The maximum atomic E-state index is 12.7. The molecule has 0 saturated carbocycles. The summed E-state index contributed by atoms with van der Waals surface area (Å²) in [4.78, 5) is 37.4. The summed E-state index contributed by atoms with van der Waals surface area (Å²) in [7, 11) is 4.46. The van der Waals surface area contributed by atoms with Crippen LogP contribution in [0.5, 0.6) is 17.2 Å². The molecular formula is C26H22N4O6. The summed E-state index contributed by atoms with van der Waals surface area (Å²) in [6.07, 6.45) is 1.40. The van der Waals surface area contributed by atoms with Gasteiger partial charge in [-0.3, -0.25) is 9.59 Å². The third kappa shape index (κ3) is 5.07. The van der Waals surface area contributed by atoms with Crippen LogP contribution in [0.4, 0.5) is 0 Å². The monoisotopic (exact) mass is 486 g/mol. The second kappa shape index (κ2) is 10.5. The fourth-order valence-electron chi connectivity index (χ4n) is 3.42. The smallest absolute Gasteiger partial charge is 0.343 e. The molecule has 3 aromatic carbocycles. The zero-order valence-corrected chi connectivity index (χ0v) is 19.7. The van der Waals surface area contributed by atoms with Crippen LogP contribution in [0.15, 0.2) is 76.6 Å². The van der Waals surface area contributed by atoms with Crippen molar-refractivity contribution in [2.75, 3.05) is 14.2 Å². The highest BCUT2D eigenvalue weighted by atomic mass is 16.6. The number of rotatable bonds is 7. The number of methoxy groups -OCH3 is 2. The number of amides is 1. The number of aryl methyl sites for hydroxylation is 1. The molecular weight excluding hydrogens is 464 g/mol. The van der Waals surface area contributed by atoms with E-state index >= 15 is 0 Å². The van der Waals surface area contributed by atoms with Crippen molar-refractivity contribution in [3.8, 4) is 17.2 Å². The van der Waals surface area contributed by atoms with Gasteiger partial charge in [-0.25, -0.2) is 14.9 Å². The first-order valence-corrected chi connectivity index (χ1v) is 10.7.